The predicted molar refractivity (Wildman–Crippen MR) is 123 cm³/mol. The van der Waals surface area contributed by atoms with Crippen LogP contribution in [0, 0.1) is 0 Å². The summed E-state index contributed by atoms with van der Waals surface area (Å²) in [7, 11) is 1.73. The fraction of sp³-hybridized carbons (Fsp3) is 0.423. The number of fused-ring (bicyclic) bond motifs is 1. The number of aromatic nitrogens is 2. The first-order chi connectivity index (χ1) is 15.3. The molecular weight excluding hydrogens is 384 g/mol. The zero-order valence-electron chi connectivity index (χ0n) is 18.3. The van der Waals surface area contributed by atoms with Crippen LogP contribution in [0.3, 0.4) is 0 Å². The number of hydrogen-bond acceptors (Lipinski definition) is 4. The highest BCUT2D eigenvalue weighted by Gasteiger charge is 2.30. The van der Waals surface area contributed by atoms with E-state index in [1.54, 1.807) is 18.2 Å². The van der Waals surface area contributed by atoms with Gasteiger partial charge in [0.1, 0.15) is 5.75 Å². The third kappa shape index (κ3) is 4.68. The summed E-state index contributed by atoms with van der Waals surface area (Å²) >= 11 is 0. The quantitative estimate of drug-likeness (QED) is 0.638. The van der Waals surface area contributed by atoms with Gasteiger partial charge in [-0.05, 0) is 67.1 Å². The maximum atomic E-state index is 5.57. The largest absolute Gasteiger partial charge is 0.496 e. The van der Waals surface area contributed by atoms with Gasteiger partial charge in [0, 0.05) is 43.1 Å². The number of benzene rings is 2. The summed E-state index contributed by atoms with van der Waals surface area (Å²) in [6.07, 6.45) is 8.75. The van der Waals surface area contributed by atoms with Gasteiger partial charge in [0.2, 0.25) is 0 Å². The fourth-order valence-electron chi connectivity index (χ4n) is 5.19. The van der Waals surface area contributed by atoms with Crippen LogP contribution in [0.5, 0.6) is 5.75 Å². The molecule has 0 bridgehead atoms. The van der Waals surface area contributed by atoms with E-state index in [1.807, 2.05) is 23.1 Å². The van der Waals surface area contributed by atoms with Gasteiger partial charge in [-0.3, -0.25) is 9.58 Å². The Labute approximate surface area is 185 Å². The van der Waals surface area contributed by atoms with Crippen LogP contribution in [-0.2, 0) is 25.9 Å². The molecule has 31 heavy (non-hydrogen) atoms. The van der Waals surface area contributed by atoms with Crippen molar-refractivity contribution in [1.29, 1.82) is 0 Å². The molecule has 3 aromatic rings. The summed E-state index contributed by atoms with van der Waals surface area (Å²) in [5.41, 5.74) is 5.56. The Kier molecular flexibility index (Phi) is 6.05. The number of likely N-dealkylation sites (tertiary alicyclic amines) is 1. The summed E-state index contributed by atoms with van der Waals surface area (Å²) < 4.78 is 7.51. The van der Waals surface area contributed by atoms with Crippen molar-refractivity contribution in [3.8, 4) is 5.75 Å². The van der Waals surface area contributed by atoms with E-state index in [9.17, 15) is 0 Å². The van der Waals surface area contributed by atoms with Crippen LogP contribution in [0.4, 0.5) is 0 Å². The highest BCUT2D eigenvalue weighted by atomic mass is 16.5. The number of hydrogen-bond donors (Lipinski definition) is 1. The van der Waals surface area contributed by atoms with E-state index < -0.39 is 0 Å². The summed E-state index contributed by atoms with van der Waals surface area (Å²) in [4.78, 5) is 2.72. The Balaban J connectivity index is 1.19. The lowest BCUT2D eigenvalue weighted by molar-refractivity contribution is 0.140. The second kappa shape index (κ2) is 9.25. The SMILES string of the molecule is COc1ccc(CNC2CCCN(C3Cc4ccccc4C3)C2)cc1Cn1cccn1. The number of ether oxygens (including phenoxy) is 1. The molecule has 162 valence electrons. The summed E-state index contributed by atoms with van der Waals surface area (Å²) in [6, 6.07) is 18.6. The molecule has 1 N–H and O–H groups in total. The molecule has 2 aliphatic rings. The monoisotopic (exact) mass is 416 g/mol. The molecule has 2 heterocycles. The third-order valence-electron chi connectivity index (χ3n) is 6.83. The molecule has 2 aromatic carbocycles. The van der Waals surface area contributed by atoms with Crippen LogP contribution in [0.25, 0.3) is 0 Å². The number of nitrogens with one attached hydrogen (secondary N) is 1. The maximum absolute atomic E-state index is 5.57. The topological polar surface area (TPSA) is 42.3 Å². The van der Waals surface area contributed by atoms with E-state index in [0.29, 0.717) is 12.1 Å². The van der Waals surface area contributed by atoms with Gasteiger partial charge < -0.3 is 10.1 Å². The molecule has 5 nitrogen and oxygen atoms in total. The Hall–Kier alpha value is -2.63. The molecule has 5 heteroatoms. The van der Waals surface area contributed by atoms with Crippen LogP contribution in [-0.4, -0.2) is 47.0 Å². The molecule has 1 saturated heterocycles. The molecule has 5 rings (SSSR count). The van der Waals surface area contributed by atoms with E-state index in [2.05, 4.69) is 57.8 Å². The molecule has 1 aliphatic carbocycles. The van der Waals surface area contributed by atoms with Gasteiger partial charge in [-0.1, -0.05) is 30.3 Å². The number of piperidine rings is 1. The molecule has 1 aliphatic heterocycles. The predicted octanol–water partition coefficient (Wildman–Crippen LogP) is 3.66. The van der Waals surface area contributed by atoms with Crippen LogP contribution in [0.2, 0.25) is 0 Å². The van der Waals surface area contributed by atoms with Crippen LogP contribution in [0.1, 0.15) is 35.1 Å². The highest BCUT2D eigenvalue weighted by molar-refractivity contribution is 5.37. The Bertz CT molecular complexity index is 975. The van der Waals surface area contributed by atoms with Gasteiger partial charge >= 0.3 is 0 Å². The van der Waals surface area contributed by atoms with Gasteiger partial charge in [0.15, 0.2) is 0 Å². The zero-order valence-corrected chi connectivity index (χ0v) is 18.3. The molecule has 1 unspecified atom stereocenters. The number of rotatable bonds is 7. The van der Waals surface area contributed by atoms with Gasteiger partial charge in [-0.2, -0.15) is 5.10 Å². The van der Waals surface area contributed by atoms with E-state index in [1.165, 1.54) is 43.4 Å². The molecule has 0 radical (unpaired) electrons. The van der Waals surface area contributed by atoms with Crippen LogP contribution < -0.4 is 10.1 Å². The molecular formula is C26H32N4O. The molecule has 0 amide bonds. The van der Waals surface area contributed by atoms with E-state index in [0.717, 1.165) is 25.4 Å². The van der Waals surface area contributed by atoms with Crippen molar-refractivity contribution in [3.05, 3.63) is 83.2 Å². The van der Waals surface area contributed by atoms with Crippen molar-refractivity contribution >= 4 is 0 Å². The first kappa shape index (κ1) is 20.3. The van der Waals surface area contributed by atoms with Gasteiger partial charge in [0.25, 0.3) is 0 Å². The summed E-state index contributed by atoms with van der Waals surface area (Å²) in [5.74, 6) is 0.920. The van der Waals surface area contributed by atoms with Crippen molar-refractivity contribution in [1.82, 2.24) is 20.0 Å². The maximum Gasteiger partial charge on any atom is 0.123 e. The summed E-state index contributed by atoms with van der Waals surface area (Å²) in [5, 5.41) is 8.17. The zero-order chi connectivity index (χ0) is 21.0. The standard InChI is InChI=1S/C26H32N4O/c1-31-26-10-9-20(14-23(26)18-30-13-5-11-28-30)17-27-24-8-4-12-29(19-24)25-15-21-6-2-3-7-22(21)16-25/h2-3,5-7,9-11,13-14,24-25,27H,4,8,12,15-19H2,1H3. The van der Waals surface area contributed by atoms with Gasteiger partial charge in [-0.25, -0.2) is 0 Å². The molecule has 1 fully saturated rings. The first-order valence-electron chi connectivity index (χ1n) is 11.5. The van der Waals surface area contributed by atoms with E-state index in [-0.39, 0.29) is 0 Å². The average molecular weight is 417 g/mol. The lowest BCUT2D eigenvalue weighted by Gasteiger charge is -2.37. The van der Waals surface area contributed by atoms with E-state index >= 15 is 0 Å². The van der Waals surface area contributed by atoms with Gasteiger partial charge in [0.05, 0.1) is 13.7 Å². The van der Waals surface area contributed by atoms with Crippen molar-refractivity contribution in [2.45, 2.75) is 50.9 Å². The normalized spacial score (nSPS) is 19.5. The lowest BCUT2D eigenvalue weighted by Crippen LogP contribution is -2.49. The highest BCUT2D eigenvalue weighted by Crippen LogP contribution is 2.27. The Morgan fingerprint density at radius 3 is 2.68 bits per heavy atom. The molecule has 1 aromatic heterocycles. The minimum absolute atomic E-state index is 0.550. The van der Waals surface area contributed by atoms with Crippen LogP contribution >= 0.6 is 0 Å². The number of methoxy groups -OCH3 is 1. The van der Waals surface area contributed by atoms with Crippen molar-refractivity contribution in [3.63, 3.8) is 0 Å². The molecule has 0 saturated carbocycles. The smallest absolute Gasteiger partial charge is 0.123 e. The average Bonchev–Trinajstić information content (AvgIpc) is 3.48. The van der Waals surface area contributed by atoms with E-state index in [4.69, 9.17) is 4.74 Å². The van der Waals surface area contributed by atoms with Crippen molar-refractivity contribution in [2.24, 2.45) is 0 Å². The van der Waals surface area contributed by atoms with Gasteiger partial charge in [-0.15, -0.1) is 0 Å². The minimum Gasteiger partial charge on any atom is -0.496 e. The number of nitrogens with zero attached hydrogens (tertiary/aromatic N) is 3. The van der Waals surface area contributed by atoms with Crippen LogP contribution in [0.15, 0.2) is 60.9 Å². The van der Waals surface area contributed by atoms with Crippen molar-refractivity contribution in [2.75, 3.05) is 20.2 Å². The third-order valence-corrected chi connectivity index (χ3v) is 6.83. The fourth-order valence-corrected chi connectivity index (χ4v) is 5.19. The Morgan fingerprint density at radius 2 is 1.94 bits per heavy atom. The summed E-state index contributed by atoms with van der Waals surface area (Å²) in [6.45, 7) is 3.99. The molecule has 0 spiro atoms. The van der Waals surface area contributed by atoms with Crippen molar-refractivity contribution < 1.29 is 4.74 Å². The molecule has 1 atom stereocenters. The first-order valence-corrected chi connectivity index (χ1v) is 11.5. The Morgan fingerprint density at radius 1 is 1.10 bits per heavy atom. The minimum atomic E-state index is 0.550. The second-order valence-electron chi connectivity index (χ2n) is 8.90. The lowest BCUT2D eigenvalue weighted by atomic mass is 10.0. The second-order valence-corrected chi connectivity index (χ2v) is 8.90.